The number of carbonyl (C=O) groups is 1. The molecule has 9 nitrogen and oxygen atoms in total. The van der Waals surface area contributed by atoms with Crippen molar-refractivity contribution in [3.63, 3.8) is 0 Å². The van der Waals surface area contributed by atoms with Gasteiger partial charge < -0.3 is 15.2 Å². The molecule has 0 unspecified atom stereocenters. The van der Waals surface area contributed by atoms with Gasteiger partial charge in [-0.05, 0) is 40.5 Å². The van der Waals surface area contributed by atoms with Gasteiger partial charge in [0.2, 0.25) is 5.91 Å². The minimum absolute atomic E-state index is 0.0171. The molecular formula is C19H26N8O. The lowest BCUT2D eigenvalue weighted by molar-refractivity contribution is -0.120. The summed E-state index contributed by atoms with van der Waals surface area (Å²) in [6, 6.07) is 0.264. The van der Waals surface area contributed by atoms with Gasteiger partial charge in [0.15, 0.2) is 11.5 Å². The van der Waals surface area contributed by atoms with Gasteiger partial charge in [0.05, 0.1) is 23.4 Å². The van der Waals surface area contributed by atoms with E-state index in [1.54, 1.807) is 6.33 Å². The predicted molar refractivity (Wildman–Crippen MR) is 107 cm³/mol. The van der Waals surface area contributed by atoms with Gasteiger partial charge in [-0.3, -0.25) is 9.48 Å². The molecule has 28 heavy (non-hydrogen) atoms. The second kappa shape index (κ2) is 7.21. The summed E-state index contributed by atoms with van der Waals surface area (Å²) >= 11 is 0. The minimum Gasteiger partial charge on any atom is -0.355 e. The van der Waals surface area contributed by atoms with Gasteiger partial charge in [0.1, 0.15) is 11.8 Å². The summed E-state index contributed by atoms with van der Waals surface area (Å²) in [5.74, 6) is 0.909. The van der Waals surface area contributed by atoms with Gasteiger partial charge >= 0.3 is 0 Å². The van der Waals surface area contributed by atoms with Crippen LogP contribution in [0.1, 0.15) is 44.1 Å². The Balaban J connectivity index is 1.43. The van der Waals surface area contributed by atoms with Crippen LogP contribution in [0.15, 0.2) is 12.7 Å². The first-order chi connectivity index (χ1) is 13.5. The highest BCUT2D eigenvalue weighted by Crippen LogP contribution is 2.28. The maximum absolute atomic E-state index is 12.9. The Morgan fingerprint density at radius 1 is 1.21 bits per heavy atom. The molecule has 1 amide bonds. The standard InChI is InChI=1S/C19H26N8O/c1-11(2)27-13(4)15(12(3)25-27)24-19(28)14-5-7-26(8-6-14)18-16-17(21-9-20-16)22-10-23-18/h9-11,14H,5-8H2,1-4H3,(H,24,28)(H,20,21,22,23). The summed E-state index contributed by atoms with van der Waals surface area (Å²) in [5.41, 5.74) is 4.22. The Kier molecular flexibility index (Phi) is 4.74. The fourth-order valence-corrected chi connectivity index (χ4v) is 3.92. The van der Waals surface area contributed by atoms with E-state index in [1.807, 2.05) is 18.5 Å². The summed E-state index contributed by atoms with van der Waals surface area (Å²) in [7, 11) is 0. The number of amides is 1. The van der Waals surface area contributed by atoms with Crippen molar-refractivity contribution in [2.75, 3.05) is 23.3 Å². The van der Waals surface area contributed by atoms with Crippen LogP contribution in [0, 0.1) is 19.8 Å². The van der Waals surface area contributed by atoms with E-state index in [1.165, 1.54) is 6.33 Å². The summed E-state index contributed by atoms with van der Waals surface area (Å²) < 4.78 is 1.96. The number of aromatic nitrogens is 6. The monoisotopic (exact) mass is 382 g/mol. The maximum atomic E-state index is 12.9. The number of hydrogen-bond acceptors (Lipinski definition) is 6. The molecule has 1 aliphatic rings. The smallest absolute Gasteiger partial charge is 0.227 e. The number of aryl methyl sites for hydroxylation is 1. The number of H-pyrrole nitrogens is 1. The number of piperidine rings is 1. The van der Waals surface area contributed by atoms with Gasteiger partial charge in [-0.2, -0.15) is 5.10 Å². The van der Waals surface area contributed by atoms with E-state index in [4.69, 9.17) is 0 Å². The first kappa shape index (κ1) is 18.4. The van der Waals surface area contributed by atoms with Gasteiger partial charge in [0.25, 0.3) is 0 Å². The minimum atomic E-state index is -0.0171. The topological polar surface area (TPSA) is 105 Å². The maximum Gasteiger partial charge on any atom is 0.227 e. The van der Waals surface area contributed by atoms with E-state index in [9.17, 15) is 4.79 Å². The van der Waals surface area contributed by atoms with Crippen molar-refractivity contribution in [2.45, 2.75) is 46.6 Å². The molecule has 0 spiro atoms. The van der Waals surface area contributed by atoms with Gasteiger partial charge in [0, 0.05) is 25.0 Å². The van der Waals surface area contributed by atoms with Crippen LogP contribution in [0.2, 0.25) is 0 Å². The first-order valence-electron chi connectivity index (χ1n) is 9.71. The molecule has 3 aromatic rings. The number of aromatic amines is 1. The molecule has 1 fully saturated rings. The molecule has 0 bridgehead atoms. The molecule has 0 radical (unpaired) electrons. The van der Waals surface area contributed by atoms with Gasteiger partial charge in [-0.1, -0.05) is 0 Å². The van der Waals surface area contributed by atoms with Gasteiger partial charge in [-0.15, -0.1) is 0 Å². The SMILES string of the molecule is Cc1nn(C(C)C)c(C)c1NC(=O)C1CCN(c2ncnc3nc[nH]c23)CC1. The zero-order chi connectivity index (χ0) is 19.8. The molecule has 0 atom stereocenters. The molecule has 4 heterocycles. The lowest BCUT2D eigenvalue weighted by Gasteiger charge is -2.32. The van der Waals surface area contributed by atoms with Crippen molar-refractivity contribution in [3.8, 4) is 0 Å². The first-order valence-corrected chi connectivity index (χ1v) is 9.71. The third-order valence-electron chi connectivity index (χ3n) is 5.43. The fourth-order valence-electron chi connectivity index (χ4n) is 3.92. The third-order valence-corrected chi connectivity index (χ3v) is 5.43. The quantitative estimate of drug-likeness (QED) is 0.719. The normalized spacial score (nSPS) is 15.5. The molecule has 0 saturated carbocycles. The van der Waals surface area contributed by atoms with Crippen LogP contribution < -0.4 is 10.2 Å². The van der Waals surface area contributed by atoms with Crippen molar-refractivity contribution >= 4 is 28.6 Å². The number of carbonyl (C=O) groups excluding carboxylic acids is 1. The number of fused-ring (bicyclic) bond motifs is 1. The highest BCUT2D eigenvalue weighted by Gasteiger charge is 2.28. The molecule has 4 rings (SSSR count). The van der Waals surface area contributed by atoms with Crippen molar-refractivity contribution in [3.05, 3.63) is 24.0 Å². The molecule has 1 aliphatic heterocycles. The van der Waals surface area contributed by atoms with E-state index in [-0.39, 0.29) is 17.9 Å². The highest BCUT2D eigenvalue weighted by atomic mass is 16.1. The number of nitrogens with zero attached hydrogens (tertiary/aromatic N) is 6. The predicted octanol–water partition coefficient (Wildman–Crippen LogP) is 2.60. The van der Waals surface area contributed by atoms with Crippen LogP contribution in [0.25, 0.3) is 11.2 Å². The number of nitrogens with one attached hydrogen (secondary N) is 2. The van der Waals surface area contributed by atoms with E-state index >= 15 is 0 Å². The van der Waals surface area contributed by atoms with E-state index in [0.29, 0.717) is 5.65 Å². The third kappa shape index (κ3) is 3.21. The molecular weight excluding hydrogens is 356 g/mol. The average Bonchev–Trinajstić information content (AvgIpc) is 3.28. The number of anilines is 2. The molecule has 0 aliphatic carbocycles. The second-order valence-corrected chi connectivity index (χ2v) is 7.63. The van der Waals surface area contributed by atoms with Crippen molar-refractivity contribution in [1.29, 1.82) is 0 Å². The summed E-state index contributed by atoms with van der Waals surface area (Å²) in [5, 5.41) is 7.67. The van der Waals surface area contributed by atoms with Crippen LogP contribution in [-0.2, 0) is 4.79 Å². The molecule has 1 saturated heterocycles. The second-order valence-electron chi connectivity index (χ2n) is 7.63. The zero-order valence-corrected chi connectivity index (χ0v) is 16.7. The Bertz CT molecular complexity index is 997. The van der Waals surface area contributed by atoms with Crippen LogP contribution in [0.3, 0.4) is 0 Å². The van der Waals surface area contributed by atoms with Crippen molar-refractivity contribution in [2.24, 2.45) is 5.92 Å². The molecule has 148 valence electrons. The van der Waals surface area contributed by atoms with Crippen LogP contribution in [0.5, 0.6) is 0 Å². The van der Waals surface area contributed by atoms with Gasteiger partial charge in [-0.25, -0.2) is 15.0 Å². The lowest BCUT2D eigenvalue weighted by atomic mass is 9.95. The molecule has 2 N–H and O–H groups in total. The van der Waals surface area contributed by atoms with Crippen LogP contribution in [0.4, 0.5) is 11.5 Å². The Morgan fingerprint density at radius 2 is 1.96 bits per heavy atom. The van der Waals surface area contributed by atoms with Crippen LogP contribution in [-0.4, -0.2) is 48.7 Å². The number of imidazole rings is 1. The van der Waals surface area contributed by atoms with E-state index in [0.717, 1.165) is 54.3 Å². The number of rotatable bonds is 4. The summed E-state index contributed by atoms with van der Waals surface area (Å²) in [4.78, 5) is 30.9. The van der Waals surface area contributed by atoms with Crippen molar-refractivity contribution < 1.29 is 4.79 Å². The van der Waals surface area contributed by atoms with Crippen LogP contribution >= 0.6 is 0 Å². The summed E-state index contributed by atoms with van der Waals surface area (Å²) in [6.45, 7) is 9.66. The molecule has 9 heteroatoms. The Labute approximate surface area is 163 Å². The summed E-state index contributed by atoms with van der Waals surface area (Å²) in [6.07, 6.45) is 4.73. The zero-order valence-electron chi connectivity index (χ0n) is 16.7. The largest absolute Gasteiger partial charge is 0.355 e. The van der Waals surface area contributed by atoms with E-state index < -0.39 is 0 Å². The lowest BCUT2D eigenvalue weighted by Crippen LogP contribution is -2.38. The average molecular weight is 382 g/mol. The Morgan fingerprint density at radius 3 is 2.64 bits per heavy atom. The van der Waals surface area contributed by atoms with E-state index in [2.05, 4.69) is 49.1 Å². The highest BCUT2D eigenvalue weighted by molar-refractivity contribution is 5.94. The fraction of sp³-hybridized carbons (Fsp3) is 0.526. The molecule has 0 aromatic carbocycles. The molecule has 3 aromatic heterocycles. The Hall–Kier alpha value is -2.97. The van der Waals surface area contributed by atoms with Crippen molar-refractivity contribution in [1.82, 2.24) is 29.7 Å². The number of hydrogen-bond donors (Lipinski definition) is 2.